The Morgan fingerprint density at radius 2 is 2.21 bits per heavy atom. The van der Waals surface area contributed by atoms with Crippen LogP contribution < -0.4 is 0 Å². The molecule has 14 heavy (non-hydrogen) atoms. The van der Waals surface area contributed by atoms with E-state index in [4.69, 9.17) is 9.47 Å². The third-order valence-electron chi connectivity index (χ3n) is 3.03. The number of ether oxygens (including phenoxy) is 3. The van der Waals surface area contributed by atoms with Crippen molar-refractivity contribution in [2.45, 2.75) is 31.5 Å². The summed E-state index contributed by atoms with van der Waals surface area (Å²) in [6, 6.07) is 0. The van der Waals surface area contributed by atoms with Gasteiger partial charge < -0.3 is 14.2 Å². The van der Waals surface area contributed by atoms with Crippen molar-refractivity contribution >= 4 is 5.97 Å². The van der Waals surface area contributed by atoms with Gasteiger partial charge in [-0.15, -0.1) is 0 Å². The number of hydrogen-bond acceptors (Lipinski definition) is 4. The fourth-order valence-electron chi connectivity index (χ4n) is 2.32. The van der Waals surface area contributed by atoms with Gasteiger partial charge in [0.15, 0.2) is 5.79 Å². The van der Waals surface area contributed by atoms with Crippen LogP contribution in [0.2, 0.25) is 0 Å². The monoisotopic (exact) mass is 200 g/mol. The average molecular weight is 200 g/mol. The number of carbonyl (C=O) groups excluding carboxylic acids is 1. The van der Waals surface area contributed by atoms with Crippen LogP contribution >= 0.6 is 0 Å². The Labute approximate surface area is 83.5 Å². The lowest BCUT2D eigenvalue weighted by Crippen LogP contribution is -2.26. The van der Waals surface area contributed by atoms with E-state index in [1.807, 2.05) is 0 Å². The lowest BCUT2D eigenvalue weighted by atomic mass is 10.0. The zero-order valence-corrected chi connectivity index (χ0v) is 8.45. The first-order valence-electron chi connectivity index (χ1n) is 5.09. The zero-order valence-electron chi connectivity index (χ0n) is 8.45. The van der Waals surface area contributed by atoms with Crippen molar-refractivity contribution < 1.29 is 19.0 Å². The maximum absolute atomic E-state index is 11.1. The summed E-state index contributed by atoms with van der Waals surface area (Å²) in [5.74, 6) is -0.135. The van der Waals surface area contributed by atoms with Gasteiger partial charge in [-0.05, 0) is 12.3 Å². The van der Waals surface area contributed by atoms with Crippen molar-refractivity contribution in [1.82, 2.24) is 0 Å². The van der Waals surface area contributed by atoms with E-state index in [9.17, 15) is 4.79 Å². The second-order valence-corrected chi connectivity index (χ2v) is 4.00. The van der Waals surface area contributed by atoms with Crippen LogP contribution in [0, 0.1) is 5.92 Å². The standard InChI is InChI=1S/C10H16O4/c1-12-9(11)6-8-2-3-10(7-8)13-4-5-14-10/h8H,2-7H2,1H3/t8-/m1/s1. The van der Waals surface area contributed by atoms with Gasteiger partial charge in [0, 0.05) is 19.3 Å². The SMILES string of the molecule is COC(=O)C[C@H]1CCC2(C1)OCCO2. The van der Waals surface area contributed by atoms with E-state index in [0.29, 0.717) is 25.6 Å². The lowest BCUT2D eigenvalue weighted by Gasteiger charge is -2.21. The van der Waals surface area contributed by atoms with Gasteiger partial charge in [-0.2, -0.15) is 0 Å². The van der Waals surface area contributed by atoms with Gasteiger partial charge in [-0.3, -0.25) is 4.79 Å². The first-order chi connectivity index (χ1) is 6.74. The molecule has 2 rings (SSSR count). The van der Waals surface area contributed by atoms with E-state index in [-0.39, 0.29) is 11.8 Å². The summed E-state index contributed by atoms with van der Waals surface area (Å²) in [6.07, 6.45) is 3.23. The molecule has 0 aromatic rings. The third kappa shape index (κ3) is 1.91. The van der Waals surface area contributed by atoms with Gasteiger partial charge in [0.2, 0.25) is 0 Å². The van der Waals surface area contributed by atoms with Gasteiger partial charge in [-0.1, -0.05) is 0 Å². The van der Waals surface area contributed by atoms with Crippen LogP contribution in [-0.4, -0.2) is 32.1 Å². The van der Waals surface area contributed by atoms with Crippen LogP contribution in [0.4, 0.5) is 0 Å². The number of esters is 1. The van der Waals surface area contributed by atoms with Crippen molar-refractivity contribution in [2.75, 3.05) is 20.3 Å². The quantitative estimate of drug-likeness (QED) is 0.626. The summed E-state index contributed by atoms with van der Waals surface area (Å²) in [7, 11) is 1.43. The predicted octanol–water partition coefficient (Wildman–Crippen LogP) is 1.09. The molecule has 1 heterocycles. The molecule has 4 nitrogen and oxygen atoms in total. The van der Waals surface area contributed by atoms with E-state index in [0.717, 1.165) is 19.3 Å². The molecule has 1 saturated heterocycles. The normalized spacial score (nSPS) is 29.6. The zero-order chi connectivity index (χ0) is 10.0. The molecule has 0 bridgehead atoms. The minimum Gasteiger partial charge on any atom is -0.469 e. The Morgan fingerprint density at radius 1 is 1.50 bits per heavy atom. The van der Waals surface area contributed by atoms with E-state index in [1.54, 1.807) is 0 Å². The smallest absolute Gasteiger partial charge is 0.305 e. The van der Waals surface area contributed by atoms with Crippen molar-refractivity contribution in [2.24, 2.45) is 5.92 Å². The Hall–Kier alpha value is -0.610. The topological polar surface area (TPSA) is 44.8 Å². The van der Waals surface area contributed by atoms with Crippen molar-refractivity contribution in [3.8, 4) is 0 Å². The summed E-state index contributed by atoms with van der Waals surface area (Å²) >= 11 is 0. The summed E-state index contributed by atoms with van der Waals surface area (Å²) in [5.41, 5.74) is 0. The van der Waals surface area contributed by atoms with Crippen molar-refractivity contribution in [1.29, 1.82) is 0 Å². The summed E-state index contributed by atoms with van der Waals surface area (Å²) in [6.45, 7) is 1.37. The van der Waals surface area contributed by atoms with Gasteiger partial charge in [0.25, 0.3) is 0 Å². The Bertz CT molecular complexity index is 220. The Morgan fingerprint density at radius 3 is 2.86 bits per heavy atom. The molecule has 1 aliphatic carbocycles. The van der Waals surface area contributed by atoms with Gasteiger partial charge in [0.05, 0.1) is 20.3 Å². The molecule has 4 heteroatoms. The van der Waals surface area contributed by atoms with Crippen LogP contribution in [0.3, 0.4) is 0 Å². The number of carbonyl (C=O) groups is 1. The molecule has 0 N–H and O–H groups in total. The molecule has 2 fully saturated rings. The summed E-state index contributed by atoms with van der Waals surface area (Å²) in [4.78, 5) is 11.1. The molecule has 1 atom stereocenters. The average Bonchev–Trinajstić information content (AvgIpc) is 2.78. The van der Waals surface area contributed by atoms with Crippen LogP contribution in [0.1, 0.15) is 25.7 Å². The molecule has 0 radical (unpaired) electrons. The minimum atomic E-state index is -0.362. The number of rotatable bonds is 2. The highest BCUT2D eigenvalue weighted by Crippen LogP contribution is 2.42. The predicted molar refractivity (Wildman–Crippen MR) is 48.6 cm³/mol. The van der Waals surface area contributed by atoms with Crippen molar-refractivity contribution in [3.63, 3.8) is 0 Å². The van der Waals surface area contributed by atoms with Gasteiger partial charge >= 0.3 is 5.97 Å². The Balaban J connectivity index is 1.85. The van der Waals surface area contributed by atoms with Gasteiger partial charge in [0.1, 0.15) is 0 Å². The van der Waals surface area contributed by atoms with Crippen LogP contribution in [0.5, 0.6) is 0 Å². The van der Waals surface area contributed by atoms with Crippen LogP contribution in [-0.2, 0) is 19.0 Å². The van der Waals surface area contributed by atoms with Crippen LogP contribution in [0.25, 0.3) is 0 Å². The van der Waals surface area contributed by atoms with E-state index >= 15 is 0 Å². The highest BCUT2D eigenvalue weighted by Gasteiger charge is 2.44. The third-order valence-corrected chi connectivity index (χ3v) is 3.03. The molecule has 1 aliphatic heterocycles. The lowest BCUT2D eigenvalue weighted by molar-refractivity contribution is -0.154. The first kappa shape index (κ1) is 9.93. The molecule has 0 aromatic carbocycles. The number of methoxy groups -OCH3 is 1. The minimum absolute atomic E-state index is 0.134. The maximum Gasteiger partial charge on any atom is 0.305 e. The summed E-state index contributed by atoms with van der Waals surface area (Å²) in [5, 5.41) is 0. The highest BCUT2D eigenvalue weighted by molar-refractivity contribution is 5.69. The fourth-order valence-corrected chi connectivity index (χ4v) is 2.32. The molecule has 0 aromatic heterocycles. The first-order valence-corrected chi connectivity index (χ1v) is 5.09. The maximum atomic E-state index is 11.1. The molecular formula is C10H16O4. The molecule has 0 amide bonds. The molecule has 2 aliphatic rings. The fraction of sp³-hybridized carbons (Fsp3) is 0.900. The van der Waals surface area contributed by atoms with E-state index in [1.165, 1.54) is 7.11 Å². The second-order valence-electron chi connectivity index (χ2n) is 4.00. The molecule has 1 spiro atoms. The molecule has 80 valence electrons. The highest BCUT2D eigenvalue weighted by atomic mass is 16.7. The Kier molecular flexibility index (Phi) is 2.74. The largest absolute Gasteiger partial charge is 0.469 e. The van der Waals surface area contributed by atoms with E-state index < -0.39 is 0 Å². The second kappa shape index (κ2) is 3.87. The number of hydrogen-bond donors (Lipinski definition) is 0. The molecule has 0 unspecified atom stereocenters. The summed E-state index contributed by atoms with van der Waals surface area (Å²) < 4.78 is 15.8. The molecular weight excluding hydrogens is 184 g/mol. The van der Waals surface area contributed by atoms with Crippen LogP contribution in [0.15, 0.2) is 0 Å². The molecule has 1 saturated carbocycles. The van der Waals surface area contributed by atoms with E-state index in [2.05, 4.69) is 4.74 Å². The van der Waals surface area contributed by atoms with Gasteiger partial charge in [-0.25, -0.2) is 0 Å². The van der Waals surface area contributed by atoms with Crippen molar-refractivity contribution in [3.05, 3.63) is 0 Å².